The van der Waals surface area contributed by atoms with Crippen molar-refractivity contribution in [1.29, 1.82) is 0 Å². The SMILES string of the molecule is Cc1nnc(CN=C(NC(C)C)NC(C)c2ccccc2)n1C.I. The van der Waals surface area contributed by atoms with E-state index in [0.29, 0.717) is 12.6 Å². The summed E-state index contributed by atoms with van der Waals surface area (Å²) >= 11 is 0. The van der Waals surface area contributed by atoms with Crippen LogP contribution in [-0.2, 0) is 13.6 Å². The van der Waals surface area contributed by atoms with E-state index in [1.807, 2.05) is 36.7 Å². The normalized spacial score (nSPS) is 12.7. The molecule has 7 heteroatoms. The summed E-state index contributed by atoms with van der Waals surface area (Å²) in [5.74, 6) is 2.51. The molecule has 24 heavy (non-hydrogen) atoms. The molecule has 0 fully saturated rings. The maximum atomic E-state index is 4.64. The van der Waals surface area contributed by atoms with E-state index in [-0.39, 0.29) is 30.0 Å². The minimum atomic E-state index is 0. The molecule has 1 atom stereocenters. The number of aromatic nitrogens is 3. The summed E-state index contributed by atoms with van der Waals surface area (Å²) in [5, 5.41) is 15.0. The number of benzene rings is 1. The second-order valence-corrected chi connectivity index (χ2v) is 5.96. The van der Waals surface area contributed by atoms with Gasteiger partial charge in [0, 0.05) is 13.1 Å². The van der Waals surface area contributed by atoms with Gasteiger partial charge >= 0.3 is 0 Å². The van der Waals surface area contributed by atoms with E-state index in [2.05, 4.69) is 58.7 Å². The molecule has 1 heterocycles. The van der Waals surface area contributed by atoms with Crippen molar-refractivity contribution in [3.8, 4) is 0 Å². The van der Waals surface area contributed by atoms with E-state index < -0.39 is 0 Å². The van der Waals surface area contributed by atoms with E-state index in [0.717, 1.165) is 17.6 Å². The predicted molar refractivity (Wildman–Crippen MR) is 109 cm³/mol. The first-order chi connectivity index (χ1) is 11.0. The highest BCUT2D eigenvalue weighted by Crippen LogP contribution is 2.11. The zero-order valence-corrected chi connectivity index (χ0v) is 17.3. The Morgan fingerprint density at radius 1 is 1.12 bits per heavy atom. The van der Waals surface area contributed by atoms with Crippen LogP contribution in [0.4, 0.5) is 0 Å². The number of halogens is 1. The van der Waals surface area contributed by atoms with Crippen LogP contribution < -0.4 is 10.6 Å². The fourth-order valence-electron chi connectivity index (χ4n) is 2.17. The lowest BCUT2D eigenvalue weighted by Crippen LogP contribution is -2.42. The monoisotopic (exact) mass is 442 g/mol. The van der Waals surface area contributed by atoms with Gasteiger partial charge in [0.2, 0.25) is 0 Å². The summed E-state index contributed by atoms with van der Waals surface area (Å²) in [6.07, 6.45) is 0. The number of aryl methyl sites for hydroxylation is 1. The largest absolute Gasteiger partial charge is 0.354 e. The van der Waals surface area contributed by atoms with Gasteiger partial charge in [-0.15, -0.1) is 34.2 Å². The van der Waals surface area contributed by atoms with Gasteiger partial charge in [0.25, 0.3) is 0 Å². The summed E-state index contributed by atoms with van der Waals surface area (Å²) in [6.45, 7) is 8.73. The number of aliphatic imine (C=N–C) groups is 1. The van der Waals surface area contributed by atoms with Crippen LogP contribution in [0.25, 0.3) is 0 Å². The van der Waals surface area contributed by atoms with Crippen LogP contribution >= 0.6 is 24.0 Å². The number of nitrogens with one attached hydrogen (secondary N) is 2. The molecule has 0 amide bonds. The number of rotatable bonds is 5. The molecule has 0 aliphatic rings. The van der Waals surface area contributed by atoms with Crippen LogP contribution in [-0.4, -0.2) is 26.8 Å². The minimum absolute atomic E-state index is 0. The second kappa shape index (κ2) is 9.61. The van der Waals surface area contributed by atoms with Gasteiger partial charge in [0.05, 0.1) is 6.04 Å². The molecular weight excluding hydrogens is 415 g/mol. The third-order valence-electron chi connectivity index (χ3n) is 3.64. The molecule has 132 valence electrons. The first-order valence-corrected chi connectivity index (χ1v) is 7.94. The van der Waals surface area contributed by atoms with Crippen molar-refractivity contribution in [3.05, 3.63) is 47.5 Å². The third kappa shape index (κ3) is 5.77. The van der Waals surface area contributed by atoms with Gasteiger partial charge in [-0.25, -0.2) is 4.99 Å². The summed E-state index contributed by atoms with van der Waals surface area (Å²) < 4.78 is 1.96. The fourth-order valence-corrected chi connectivity index (χ4v) is 2.17. The van der Waals surface area contributed by atoms with Crippen molar-refractivity contribution in [2.24, 2.45) is 12.0 Å². The molecule has 6 nitrogen and oxygen atoms in total. The Labute approximate surface area is 161 Å². The number of hydrogen-bond acceptors (Lipinski definition) is 3. The lowest BCUT2D eigenvalue weighted by molar-refractivity contribution is 0.643. The maximum absolute atomic E-state index is 4.64. The Bertz CT molecular complexity index is 650. The number of guanidine groups is 1. The topological polar surface area (TPSA) is 67.1 Å². The van der Waals surface area contributed by atoms with Crippen molar-refractivity contribution < 1.29 is 0 Å². The van der Waals surface area contributed by atoms with Crippen molar-refractivity contribution in [3.63, 3.8) is 0 Å². The second-order valence-electron chi connectivity index (χ2n) is 5.96. The minimum Gasteiger partial charge on any atom is -0.354 e. The van der Waals surface area contributed by atoms with Crippen molar-refractivity contribution in [2.45, 2.75) is 46.3 Å². The summed E-state index contributed by atoms with van der Waals surface area (Å²) in [5.41, 5.74) is 1.22. The molecule has 1 aromatic heterocycles. The number of nitrogens with zero attached hydrogens (tertiary/aromatic N) is 4. The Morgan fingerprint density at radius 3 is 2.33 bits per heavy atom. The van der Waals surface area contributed by atoms with E-state index in [1.165, 1.54) is 5.56 Å². The van der Waals surface area contributed by atoms with Crippen LogP contribution in [0.1, 0.15) is 44.0 Å². The average molecular weight is 442 g/mol. The molecule has 0 saturated carbocycles. The van der Waals surface area contributed by atoms with Crippen LogP contribution in [0.5, 0.6) is 0 Å². The highest BCUT2D eigenvalue weighted by Gasteiger charge is 2.10. The lowest BCUT2D eigenvalue weighted by Gasteiger charge is -2.20. The smallest absolute Gasteiger partial charge is 0.192 e. The molecule has 0 aliphatic heterocycles. The molecule has 0 spiro atoms. The summed E-state index contributed by atoms with van der Waals surface area (Å²) in [6, 6.07) is 10.8. The Balaban J connectivity index is 0.00000288. The first-order valence-electron chi connectivity index (χ1n) is 7.94. The van der Waals surface area contributed by atoms with Crippen molar-refractivity contribution >= 4 is 29.9 Å². The number of hydrogen-bond donors (Lipinski definition) is 2. The highest BCUT2D eigenvalue weighted by molar-refractivity contribution is 14.0. The Hall–Kier alpha value is -1.64. The average Bonchev–Trinajstić information content (AvgIpc) is 2.84. The predicted octanol–water partition coefficient (Wildman–Crippen LogP) is 2.95. The quantitative estimate of drug-likeness (QED) is 0.425. The molecule has 1 aromatic carbocycles. The molecule has 0 bridgehead atoms. The van der Waals surface area contributed by atoms with E-state index >= 15 is 0 Å². The zero-order chi connectivity index (χ0) is 16.8. The van der Waals surface area contributed by atoms with Gasteiger partial charge in [-0.3, -0.25) is 0 Å². The fraction of sp³-hybridized carbons (Fsp3) is 0.471. The molecule has 0 radical (unpaired) electrons. The van der Waals surface area contributed by atoms with Crippen LogP contribution in [0.3, 0.4) is 0 Å². The van der Waals surface area contributed by atoms with Gasteiger partial charge < -0.3 is 15.2 Å². The van der Waals surface area contributed by atoms with E-state index in [1.54, 1.807) is 0 Å². The third-order valence-corrected chi connectivity index (χ3v) is 3.64. The van der Waals surface area contributed by atoms with Crippen molar-refractivity contribution in [2.75, 3.05) is 0 Å². The van der Waals surface area contributed by atoms with Crippen LogP contribution in [0.2, 0.25) is 0 Å². The van der Waals surface area contributed by atoms with Gasteiger partial charge in [0.15, 0.2) is 11.8 Å². The first kappa shape index (κ1) is 20.4. The van der Waals surface area contributed by atoms with Gasteiger partial charge in [-0.1, -0.05) is 30.3 Å². The lowest BCUT2D eigenvalue weighted by atomic mass is 10.1. The molecular formula is C17H27IN6. The van der Waals surface area contributed by atoms with Crippen molar-refractivity contribution in [1.82, 2.24) is 25.4 Å². The standard InChI is InChI=1S/C17H26N6.HI/c1-12(2)19-17(18-11-16-22-21-14(4)23(16)5)20-13(3)15-9-7-6-8-10-15;/h6-10,12-13H,11H2,1-5H3,(H2,18,19,20);1H. The molecule has 1 unspecified atom stereocenters. The van der Waals surface area contributed by atoms with Gasteiger partial charge in [0.1, 0.15) is 12.4 Å². The molecule has 0 aliphatic carbocycles. The van der Waals surface area contributed by atoms with E-state index in [9.17, 15) is 0 Å². The summed E-state index contributed by atoms with van der Waals surface area (Å²) in [7, 11) is 1.95. The van der Waals surface area contributed by atoms with Crippen LogP contribution in [0.15, 0.2) is 35.3 Å². The zero-order valence-electron chi connectivity index (χ0n) is 14.9. The Morgan fingerprint density at radius 2 is 1.79 bits per heavy atom. The van der Waals surface area contributed by atoms with Crippen LogP contribution in [0, 0.1) is 6.92 Å². The Kier molecular flexibility index (Phi) is 8.17. The molecule has 2 rings (SSSR count). The summed E-state index contributed by atoms with van der Waals surface area (Å²) in [4.78, 5) is 4.64. The van der Waals surface area contributed by atoms with Gasteiger partial charge in [-0.2, -0.15) is 0 Å². The molecule has 0 saturated heterocycles. The molecule has 2 N–H and O–H groups in total. The van der Waals surface area contributed by atoms with E-state index in [4.69, 9.17) is 0 Å². The van der Waals surface area contributed by atoms with Gasteiger partial charge in [-0.05, 0) is 33.3 Å². The molecule has 2 aromatic rings. The highest BCUT2D eigenvalue weighted by atomic mass is 127. The maximum Gasteiger partial charge on any atom is 0.192 e.